The Bertz CT molecular complexity index is 661. The van der Waals surface area contributed by atoms with Gasteiger partial charge in [0.05, 0.1) is 17.8 Å². The molecule has 1 unspecified atom stereocenters. The van der Waals surface area contributed by atoms with Gasteiger partial charge in [0.2, 0.25) is 0 Å². The predicted molar refractivity (Wildman–Crippen MR) is 79.2 cm³/mol. The van der Waals surface area contributed by atoms with E-state index < -0.39 is 0 Å². The SMILES string of the molecule is NCC(c1ccccc1)c1ncc(-c2cccnc2)[nH]1. The molecule has 1 aromatic carbocycles. The lowest BCUT2D eigenvalue weighted by Gasteiger charge is -2.12. The number of aromatic nitrogens is 3. The lowest BCUT2D eigenvalue weighted by molar-refractivity contribution is 0.765. The molecular weight excluding hydrogens is 248 g/mol. The molecule has 0 fully saturated rings. The molecule has 1 atom stereocenters. The highest BCUT2D eigenvalue weighted by Gasteiger charge is 2.16. The summed E-state index contributed by atoms with van der Waals surface area (Å²) < 4.78 is 0. The molecule has 0 radical (unpaired) electrons. The first-order chi connectivity index (χ1) is 9.88. The quantitative estimate of drug-likeness (QED) is 0.761. The van der Waals surface area contributed by atoms with Crippen LogP contribution in [0.15, 0.2) is 61.1 Å². The largest absolute Gasteiger partial charge is 0.341 e. The van der Waals surface area contributed by atoms with Gasteiger partial charge in [0, 0.05) is 24.5 Å². The Labute approximate surface area is 117 Å². The Morgan fingerprint density at radius 2 is 1.90 bits per heavy atom. The van der Waals surface area contributed by atoms with Crippen molar-refractivity contribution >= 4 is 0 Å². The summed E-state index contributed by atoms with van der Waals surface area (Å²) in [5.41, 5.74) is 9.06. The van der Waals surface area contributed by atoms with E-state index in [1.165, 1.54) is 5.56 Å². The van der Waals surface area contributed by atoms with E-state index >= 15 is 0 Å². The summed E-state index contributed by atoms with van der Waals surface area (Å²) in [5.74, 6) is 0.971. The number of nitrogens with two attached hydrogens (primary N) is 1. The second-order valence-electron chi connectivity index (χ2n) is 4.62. The van der Waals surface area contributed by atoms with E-state index in [9.17, 15) is 0 Å². The number of imidazole rings is 1. The van der Waals surface area contributed by atoms with Crippen molar-refractivity contribution in [1.82, 2.24) is 15.0 Å². The summed E-state index contributed by atoms with van der Waals surface area (Å²) in [5, 5.41) is 0. The first-order valence-electron chi connectivity index (χ1n) is 6.59. The first kappa shape index (κ1) is 12.6. The van der Waals surface area contributed by atoms with Crippen LogP contribution >= 0.6 is 0 Å². The lowest BCUT2D eigenvalue weighted by Crippen LogP contribution is -2.15. The number of aromatic amines is 1. The Morgan fingerprint density at radius 3 is 2.60 bits per heavy atom. The number of nitrogens with one attached hydrogen (secondary N) is 1. The van der Waals surface area contributed by atoms with Gasteiger partial charge in [-0.1, -0.05) is 30.3 Å². The molecule has 0 bridgehead atoms. The molecule has 20 heavy (non-hydrogen) atoms. The van der Waals surface area contributed by atoms with Gasteiger partial charge >= 0.3 is 0 Å². The van der Waals surface area contributed by atoms with Crippen molar-refractivity contribution in [2.24, 2.45) is 5.73 Å². The molecule has 3 rings (SSSR count). The van der Waals surface area contributed by atoms with Crippen LogP contribution in [0.2, 0.25) is 0 Å². The number of benzene rings is 1. The van der Waals surface area contributed by atoms with Gasteiger partial charge in [0.25, 0.3) is 0 Å². The fourth-order valence-electron chi connectivity index (χ4n) is 2.27. The fourth-order valence-corrected chi connectivity index (χ4v) is 2.27. The average Bonchev–Trinajstić information content (AvgIpc) is 3.00. The van der Waals surface area contributed by atoms with Gasteiger partial charge in [0.1, 0.15) is 5.82 Å². The zero-order valence-electron chi connectivity index (χ0n) is 11.0. The second-order valence-corrected chi connectivity index (χ2v) is 4.62. The van der Waals surface area contributed by atoms with Gasteiger partial charge < -0.3 is 10.7 Å². The van der Waals surface area contributed by atoms with Gasteiger partial charge in [-0.3, -0.25) is 4.98 Å². The number of rotatable bonds is 4. The molecule has 0 aliphatic heterocycles. The number of H-pyrrole nitrogens is 1. The van der Waals surface area contributed by atoms with Crippen LogP contribution in [0.4, 0.5) is 0 Å². The van der Waals surface area contributed by atoms with Crippen molar-refractivity contribution in [3.05, 3.63) is 72.4 Å². The van der Waals surface area contributed by atoms with Crippen LogP contribution in [0.3, 0.4) is 0 Å². The highest BCUT2D eigenvalue weighted by Crippen LogP contribution is 2.23. The summed E-state index contributed by atoms with van der Waals surface area (Å²) in [6.45, 7) is 0.518. The highest BCUT2D eigenvalue weighted by molar-refractivity contribution is 5.57. The maximum atomic E-state index is 5.91. The minimum atomic E-state index is 0.0848. The lowest BCUT2D eigenvalue weighted by atomic mass is 9.99. The Kier molecular flexibility index (Phi) is 3.56. The topological polar surface area (TPSA) is 67.6 Å². The van der Waals surface area contributed by atoms with Gasteiger partial charge in [-0.25, -0.2) is 4.98 Å². The summed E-state index contributed by atoms with van der Waals surface area (Å²) in [6, 6.07) is 14.1. The number of hydrogen-bond acceptors (Lipinski definition) is 3. The zero-order valence-corrected chi connectivity index (χ0v) is 11.0. The Hall–Kier alpha value is -2.46. The van der Waals surface area contributed by atoms with E-state index in [0.29, 0.717) is 6.54 Å². The van der Waals surface area contributed by atoms with E-state index in [1.807, 2.05) is 42.7 Å². The van der Waals surface area contributed by atoms with Crippen LogP contribution in [0.5, 0.6) is 0 Å². The third-order valence-corrected chi connectivity index (χ3v) is 3.34. The van der Waals surface area contributed by atoms with E-state index in [-0.39, 0.29) is 5.92 Å². The average molecular weight is 264 g/mol. The third-order valence-electron chi connectivity index (χ3n) is 3.34. The zero-order chi connectivity index (χ0) is 13.8. The summed E-state index contributed by atoms with van der Waals surface area (Å²) >= 11 is 0. The van der Waals surface area contributed by atoms with Crippen LogP contribution < -0.4 is 5.73 Å². The number of hydrogen-bond donors (Lipinski definition) is 2. The normalized spacial score (nSPS) is 12.2. The molecule has 2 heterocycles. The minimum Gasteiger partial charge on any atom is -0.341 e. The van der Waals surface area contributed by atoms with Crippen LogP contribution in [0.25, 0.3) is 11.3 Å². The molecule has 0 aliphatic rings. The van der Waals surface area contributed by atoms with Crippen molar-refractivity contribution in [2.75, 3.05) is 6.54 Å². The summed E-state index contributed by atoms with van der Waals surface area (Å²) in [4.78, 5) is 11.9. The molecule has 0 aliphatic carbocycles. The maximum absolute atomic E-state index is 5.91. The van der Waals surface area contributed by atoms with Gasteiger partial charge in [-0.15, -0.1) is 0 Å². The van der Waals surface area contributed by atoms with E-state index in [4.69, 9.17) is 5.73 Å². The Morgan fingerprint density at radius 1 is 1.05 bits per heavy atom. The van der Waals surface area contributed by atoms with Crippen LogP contribution in [-0.4, -0.2) is 21.5 Å². The standard InChI is InChI=1S/C16H16N4/c17-9-14(12-5-2-1-3-6-12)16-19-11-15(20-16)13-7-4-8-18-10-13/h1-8,10-11,14H,9,17H2,(H,19,20). The predicted octanol–water partition coefficient (Wildman–Crippen LogP) is 2.56. The van der Waals surface area contributed by atoms with Gasteiger partial charge in [-0.2, -0.15) is 0 Å². The molecule has 100 valence electrons. The smallest absolute Gasteiger partial charge is 0.115 e. The Balaban J connectivity index is 1.93. The summed E-state index contributed by atoms with van der Waals surface area (Å²) in [7, 11) is 0. The molecule has 2 aromatic heterocycles. The molecule has 0 amide bonds. The molecule has 4 nitrogen and oxygen atoms in total. The number of pyridine rings is 1. The van der Waals surface area contributed by atoms with Gasteiger partial charge in [-0.05, 0) is 17.7 Å². The molecule has 0 spiro atoms. The van der Waals surface area contributed by atoms with E-state index in [0.717, 1.165) is 17.1 Å². The molecular formula is C16H16N4. The third kappa shape index (κ3) is 2.46. The second kappa shape index (κ2) is 5.67. The molecule has 4 heteroatoms. The van der Waals surface area contributed by atoms with Crippen LogP contribution in [0, 0.1) is 0 Å². The first-order valence-corrected chi connectivity index (χ1v) is 6.59. The van der Waals surface area contributed by atoms with E-state index in [2.05, 4.69) is 27.1 Å². The molecule has 3 aromatic rings. The van der Waals surface area contributed by atoms with Crippen LogP contribution in [0.1, 0.15) is 17.3 Å². The van der Waals surface area contributed by atoms with Crippen molar-refractivity contribution in [2.45, 2.75) is 5.92 Å². The monoisotopic (exact) mass is 264 g/mol. The minimum absolute atomic E-state index is 0.0848. The molecule has 0 saturated carbocycles. The van der Waals surface area contributed by atoms with Crippen LogP contribution in [-0.2, 0) is 0 Å². The molecule has 0 saturated heterocycles. The summed E-state index contributed by atoms with van der Waals surface area (Å²) in [6.07, 6.45) is 5.41. The maximum Gasteiger partial charge on any atom is 0.115 e. The van der Waals surface area contributed by atoms with Crippen molar-refractivity contribution in [3.63, 3.8) is 0 Å². The van der Waals surface area contributed by atoms with Crippen molar-refractivity contribution < 1.29 is 0 Å². The molecule has 3 N–H and O–H groups in total. The fraction of sp³-hybridized carbons (Fsp3) is 0.125. The highest BCUT2D eigenvalue weighted by atomic mass is 14.9. The van der Waals surface area contributed by atoms with Crippen molar-refractivity contribution in [3.8, 4) is 11.3 Å². The number of nitrogens with zero attached hydrogens (tertiary/aromatic N) is 2. The van der Waals surface area contributed by atoms with Crippen molar-refractivity contribution in [1.29, 1.82) is 0 Å². The van der Waals surface area contributed by atoms with Gasteiger partial charge in [0.15, 0.2) is 0 Å². The van der Waals surface area contributed by atoms with E-state index in [1.54, 1.807) is 6.20 Å².